The summed E-state index contributed by atoms with van der Waals surface area (Å²) in [5, 5.41) is 11.3. The van der Waals surface area contributed by atoms with E-state index in [1.807, 2.05) is 4.90 Å². The van der Waals surface area contributed by atoms with Crippen molar-refractivity contribution >= 4 is 28.9 Å². The third kappa shape index (κ3) is 2.96. The van der Waals surface area contributed by atoms with E-state index in [-0.39, 0.29) is 11.6 Å². The molecule has 0 spiro atoms. The predicted octanol–water partition coefficient (Wildman–Crippen LogP) is 1.92. The molecule has 1 aromatic carbocycles. The largest absolute Gasteiger partial charge is 0.367 e. The van der Waals surface area contributed by atoms with Gasteiger partial charge in [-0.3, -0.25) is 14.9 Å². The first-order valence-electron chi connectivity index (χ1n) is 5.93. The van der Waals surface area contributed by atoms with Crippen LogP contribution in [0.25, 0.3) is 0 Å². The van der Waals surface area contributed by atoms with Gasteiger partial charge in [-0.05, 0) is 6.07 Å². The average Bonchev–Trinajstić information content (AvgIpc) is 2.39. The van der Waals surface area contributed by atoms with Crippen LogP contribution in [0.3, 0.4) is 0 Å². The number of nitro benzene ring substituents is 1. The van der Waals surface area contributed by atoms with Crippen molar-refractivity contribution in [3.8, 4) is 0 Å². The van der Waals surface area contributed by atoms with Crippen LogP contribution >= 0.6 is 11.6 Å². The Bertz CT molecular complexity index is 513. The summed E-state index contributed by atoms with van der Waals surface area (Å²) in [5.74, 6) is 0.0461. The van der Waals surface area contributed by atoms with Gasteiger partial charge in [-0.1, -0.05) is 11.6 Å². The first kappa shape index (κ1) is 13.6. The summed E-state index contributed by atoms with van der Waals surface area (Å²) in [6.45, 7) is 4.00. The van der Waals surface area contributed by atoms with Crippen LogP contribution in [0.5, 0.6) is 0 Å². The number of non-ortho nitro benzene ring substituents is 1. The van der Waals surface area contributed by atoms with E-state index in [9.17, 15) is 14.9 Å². The van der Waals surface area contributed by atoms with E-state index >= 15 is 0 Å². The second kappa shape index (κ2) is 5.44. The summed E-state index contributed by atoms with van der Waals surface area (Å²) in [5.41, 5.74) is 0.674. The topological polar surface area (TPSA) is 66.7 Å². The molecule has 0 N–H and O–H groups in total. The Morgan fingerprint density at radius 1 is 1.32 bits per heavy atom. The van der Waals surface area contributed by atoms with Gasteiger partial charge >= 0.3 is 0 Å². The lowest BCUT2D eigenvalue weighted by Crippen LogP contribution is -2.48. The van der Waals surface area contributed by atoms with E-state index in [0.717, 1.165) is 0 Å². The number of carbonyl (C=O) groups excluding carboxylic acids is 1. The number of hydrogen-bond acceptors (Lipinski definition) is 4. The fourth-order valence-corrected chi connectivity index (χ4v) is 2.36. The number of anilines is 1. The highest BCUT2D eigenvalue weighted by Gasteiger charge is 2.21. The molecule has 1 saturated heterocycles. The van der Waals surface area contributed by atoms with Gasteiger partial charge in [0.05, 0.1) is 15.6 Å². The Hall–Kier alpha value is -1.82. The molecule has 1 amide bonds. The maximum Gasteiger partial charge on any atom is 0.271 e. The molecular weight excluding hydrogens is 270 g/mol. The Labute approximate surface area is 115 Å². The Morgan fingerprint density at radius 2 is 1.95 bits per heavy atom. The second-order valence-electron chi connectivity index (χ2n) is 4.39. The summed E-state index contributed by atoms with van der Waals surface area (Å²) in [6.07, 6.45) is 0. The average molecular weight is 284 g/mol. The minimum atomic E-state index is -0.439. The van der Waals surface area contributed by atoms with Crippen molar-refractivity contribution in [3.63, 3.8) is 0 Å². The lowest BCUT2D eigenvalue weighted by molar-refractivity contribution is -0.384. The highest BCUT2D eigenvalue weighted by atomic mass is 35.5. The number of carbonyl (C=O) groups is 1. The molecule has 1 fully saturated rings. The molecule has 0 saturated carbocycles. The number of nitro groups is 1. The minimum absolute atomic E-state index is 0.0217. The summed E-state index contributed by atoms with van der Waals surface area (Å²) < 4.78 is 0. The molecular formula is C12H14ClN3O3. The van der Waals surface area contributed by atoms with Crippen LogP contribution in [0.4, 0.5) is 11.4 Å². The minimum Gasteiger partial charge on any atom is -0.367 e. The van der Waals surface area contributed by atoms with Gasteiger partial charge < -0.3 is 9.80 Å². The van der Waals surface area contributed by atoms with E-state index in [1.165, 1.54) is 25.1 Å². The first-order chi connectivity index (χ1) is 8.99. The van der Waals surface area contributed by atoms with Crippen LogP contribution in [-0.4, -0.2) is 41.9 Å². The number of benzene rings is 1. The van der Waals surface area contributed by atoms with Gasteiger partial charge in [0.1, 0.15) is 0 Å². The van der Waals surface area contributed by atoms with Crippen molar-refractivity contribution in [1.29, 1.82) is 0 Å². The van der Waals surface area contributed by atoms with Crippen LogP contribution in [0.2, 0.25) is 5.02 Å². The molecule has 1 aliphatic heterocycles. The molecule has 7 heteroatoms. The number of nitrogens with zero attached hydrogens (tertiary/aromatic N) is 3. The van der Waals surface area contributed by atoms with Crippen LogP contribution in [0.15, 0.2) is 18.2 Å². The Kier molecular flexibility index (Phi) is 3.90. The summed E-state index contributed by atoms with van der Waals surface area (Å²) in [6, 6.07) is 4.40. The molecule has 6 nitrogen and oxygen atoms in total. The van der Waals surface area contributed by atoms with Crippen LogP contribution in [-0.2, 0) is 4.79 Å². The summed E-state index contributed by atoms with van der Waals surface area (Å²) in [7, 11) is 0. The fourth-order valence-electron chi connectivity index (χ4n) is 2.12. The van der Waals surface area contributed by atoms with Gasteiger partial charge in [0.2, 0.25) is 5.91 Å². The monoisotopic (exact) mass is 283 g/mol. The number of hydrogen-bond donors (Lipinski definition) is 0. The molecule has 0 bridgehead atoms. The number of rotatable bonds is 2. The highest BCUT2D eigenvalue weighted by Crippen LogP contribution is 2.30. The van der Waals surface area contributed by atoms with Crippen molar-refractivity contribution < 1.29 is 9.72 Å². The molecule has 2 rings (SSSR count). The zero-order valence-corrected chi connectivity index (χ0v) is 11.3. The maximum atomic E-state index is 11.2. The van der Waals surface area contributed by atoms with E-state index < -0.39 is 4.92 Å². The van der Waals surface area contributed by atoms with Crippen molar-refractivity contribution in [2.24, 2.45) is 0 Å². The van der Waals surface area contributed by atoms with Gasteiger partial charge in [0.25, 0.3) is 5.69 Å². The van der Waals surface area contributed by atoms with E-state index in [0.29, 0.717) is 36.9 Å². The Balaban J connectivity index is 2.17. The van der Waals surface area contributed by atoms with Crippen LogP contribution in [0, 0.1) is 10.1 Å². The molecule has 0 radical (unpaired) electrons. The normalized spacial score (nSPS) is 15.5. The first-order valence-corrected chi connectivity index (χ1v) is 6.31. The van der Waals surface area contributed by atoms with E-state index in [4.69, 9.17) is 11.6 Å². The third-order valence-electron chi connectivity index (χ3n) is 3.21. The molecule has 0 atom stereocenters. The van der Waals surface area contributed by atoms with Gasteiger partial charge in [0, 0.05) is 45.2 Å². The van der Waals surface area contributed by atoms with Crippen molar-refractivity contribution in [3.05, 3.63) is 33.3 Å². The van der Waals surface area contributed by atoms with Gasteiger partial charge in [-0.2, -0.15) is 0 Å². The molecule has 1 aromatic rings. The number of halogens is 1. The van der Waals surface area contributed by atoms with Crippen molar-refractivity contribution in [1.82, 2.24) is 4.90 Å². The van der Waals surface area contributed by atoms with E-state index in [2.05, 4.69) is 0 Å². The van der Waals surface area contributed by atoms with Crippen molar-refractivity contribution in [2.45, 2.75) is 6.92 Å². The third-order valence-corrected chi connectivity index (χ3v) is 3.53. The fraction of sp³-hybridized carbons (Fsp3) is 0.417. The molecule has 102 valence electrons. The lowest BCUT2D eigenvalue weighted by Gasteiger charge is -2.35. The van der Waals surface area contributed by atoms with Crippen LogP contribution in [0.1, 0.15) is 6.92 Å². The van der Waals surface area contributed by atoms with Gasteiger partial charge in [-0.25, -0.2) is 0 Å². The highest BCUT2D eigenvalue weighted by molar-refractivity contribution is 6.33. The molecule has 19 heavy (non-hydrogen) atoms. The number of piperazine rings is 1. The quantitative estimate of drug-likeness (QED) is 0.614. The van der Waals surface area contributed by atoms with Crippen molar-refractivity contribution in [2.75, 3.05) is 31.1 Å². The smallest absolute Gasteiger partial charge is 0.271 e. The maximum absolute atomic E-state index is 11.2. The molecule has 0 unspecified atom stereocenters. The van der Waals surface area contributed by atoms with Crippen LogP contribution < -0.4 is 4.90 Å². The van der Waals surface area contributed by atoms with Gasteiger partial charge in [-0.15, -0.1) is 0 Å². The molecule has 0 aliphatic carbocycles. The predicted molar refractivity (Wildman–Crippen MR) is 72.6 cm³/mol. The van der Waals surface area contributed by atoms with Gasteiger partial charge in [0.15, 0.2) is 0 Å². The summed E-state index contributed by atoms with van der Waals surface area (Å²) >= 11 is 6.09. The standard InChI is InChI=1S/C12H14ClN3O3/c1-9(17)14-4-6-15(7-5-14)12-8-10(16(18)19)2-3-11(12)13/h2-3,8H,4-7H2,1H3. The molecule has 0 aromatic heterocycles. The molecule has 1 aliphatic rings. The number of amides is 1. The molecule has 1 heterocycles. The SMILES string of the molecule is CC(=O)N1CCN(c2cc([N+](=O)[O-])ccc2Cl)CC1. The second-order valence-corrected chi connectivity index (χ2v) is 4.79. The zero-order valence-electron chi connectivity index (χ0n) is 10.5. The zero-order chi connectivity index (χ0) is 14.0. The summed E-state index contributed by atoms with van der Waals surface area (Å²) in [4.78, 5) is 25.3. The lowest BCUT2D eigenvalue weighted by atomic mass is 10.2. The van der Waals surface area contributed by atoms with E-state index in [1.54, 1.807) is 4.90 Å². The Morgan fingerprint density at radius 3 is 2.47 bits per heavy atom.